The molecule has 1 amide bonds. The number of amides is 1. The maximum atomic E-state index is 12.8. The van der Waals surface area contributed by atoms with E-state index in [0.717, 1.165) is 30.4 Å². The van der Waals surface area contributed by atoms with E-state index < -0.39 is 10.0 Å². The second kappa shape index (κ2) is 9.55. The Hall–Kier alpha value is -2.18. The van der Waals surface area contributed by atoms with Crippen molar-refractivity contribution in [2.45, 2.75) is 32.7 Å². The molecule has 0 aromatic heterocycles. The Bertz CT molecular complexity index is 903. The third-order valence-electron chi connectivity index (χ3n) is 5.59. The summed E-state index contributed by atoms with van der Waals surface area (Å²) >= 11 is 0. The van der Waals surface area contributed by atoms with Crippen molar-refractivity contribution >= 4 is 15.9 Å². The van der Waals surface area contributed by atoms with Gasteiger partial charge in [0.05, 0.1) is 12.8 Å². The Morgan fingerprint density at radius 1 is 1.00 bits per heavy atom. The van der Waals surface area contributed by atoms with E-state index >= 15 is 0 Å². The summed E-state index contributed by atoms with van der Waals surface area (Å²) in [6.45, 7) is 3.49. The van der Waals surface area contributed by atoms with Crippen molar-refractivity contribution < 1.29 is 13.2 Å². The number of benzene rings is 2. The summed E-state index contributed by atoms with van der Waals surface area (Å²) in [5.74, 6) is 0.459. The number of carbonyl (C=O) groups excluding carboxylic acids is 1. The van der Waals surface area contributed by atoms with Gasteiger partial charge in [0, 0.05) is 19.6 Å². The fourth-order valence-electron chi connectivity index (χ4n) is 3.77. The van der Waals surface area contributed by atoms with E-state index in [1.807, 2.05) is 42.2 Å². The molecule has 6 heteroatoms. The average Bonchev–Trinajstić information content (AvgIpc) is 2.69. The molecule has 2 aromatic rings. The monoisotopic (exact) mass is 414 g/mol. The predicted molar refractivity (Wildman–Crippen MR) is 116 cm³/mol. The lowest BCUT2D eigenvalue weighted by Gasteiger charge is -2.33. The van der Waals surface area contributed by atoms with Gasteiger partial charge in [0.2, 0.25) is 15.9 Å². The van der Waals surface area contributed by atoms with Crippen molar-refractivity contribution in [1.29, 1.82) is 0 Å². The Morgan fingerprint density at radius 2 is 1.62 bits per heavy atom. The van der Waals surface area contributed by atoms with Crippen molar-refractivity contribution in [3.63, 3.8) is 0 Å². The van der Waals surface area contributed by atoms with E-state index in [4.69, 9.17) is 0 Å². The largest absolute Gasteiger partial charge is 0.342 e. The van der Waals surface area contributed by atoms with Crippen LogP contribution in [0.15, 0.2) is 54.6 Å². The molecular weight excluding hydrogens is 384 g/mol. The molecule has 0 radical (unpaired) electrons. The third-order valence-corrected chi connectivity index (χ3v) is 6.79. The minimum atomic E-state index is -3.47. The van der Waals surface area contributed by atoms with Gasteiger partial charge < -0.3 is 4.90 Å². The molecule has 0 bridgehead atoms. The summed E-state index contributed by atoms with van der Waals surface area (Å²) in [7, 11) is -3.47. The molecule has 0 saturated carbocycles. The van der Waals surface area contributed by atoms with Gasteiger partial charge in [0.25, 0.3) is 0 Å². The first-order chi connectivity index (χ1) is 13.8. The van der Waals surface area contributed by atoms with Crippen molar-refractivity contribution in [3.8, 4) is 0 Å². The van der Waals surface area contributed by atoms with Crippen molar-refractivity contribution in [2.24, 2.45) is 5.92 Å². The van der Waals surface area contributed by atoms with Crippen molar-refractivity contribution in [2.75, 3.05) is 25.9 Å². The third kappa shape index (κ3) is 6.41. The molecule has 3 rings (SSSR count). The van der Waals surface area contributed by atoms with Gasteiger partial charge in [-0.1, -0.05) is 60.2 Å². The number of hydrogen-bond donors (Lipinski definition) is 0. The molecule has 1 aliphatic heterocycles. The second-order valence-corrected chi connectivity index (χ2v) is 10.0. The molecule has 1 saturated heterocycles. The predicted octanol–water partition coefficient (Wildman–Crippen LogP) is 3.24. The highest BCUT2D eigenvalue weighted by Gasteiger charge is 2.27. The Balaban J connectivity index is 1.55. The molecule has 0 N–H and O–H groups in total. The highest BCUT2D eigenvalue weighted by molar-refractivity contribution is 7.88. The molecule has 0 spiro atoms. The van der Waals surface area contributed by atoms with Gasteiger partial charge in [0.15, 0.2) is 0 Å². The van der Waals surface area contributed by atoms with Crippen molar-refractivity contribution in [1.82, 2.24) is 9.21 Å². The van der Waals surface area contributed by atoms with E-state index in [2.05, 4.69) is 24.3 Å². The molecule has 1 aliphatic rings. The summed E-state index contributed by atoms with van der Waals surface area (Å²) in [6.07, 6.45) is 4.11. The van der Waals surface area contributed by atoms with Crippen LogP contribution in [0, 0.1) is 12.8 Å². The number of likely N-dealkylation sites (tertiary alicyclic amines) is 1. The topological polar surface area (TPSA) is 57.7 Å². The van der Waals surface area contributed by atoms with E-state index in [0.29, 0.717) is 19.0 Å². The van der Waals surface area contributed by atoms with Crippen LogP contribution in [0.25, 0.3) is 0 Å². The van der Waals surface area contributed by atoms with Crippen LogP contribution in [0.5, 0.6) is 0 Å². The minimum Gasteiger partial charge on any atom is -0.342 e. The first-order valence-corrected chi connectivity index (χ1v) is 12.0. The van der Waals surface area contributed by atoms with Crippen LogP contribution in [-0.2, 0) is 27.8 Å². The first kappa shape index (κ1) is 21.5. The molecule has 29 heavy (non-hydrogen) atoms. The first-order valence-electron chi connectivity index (χ1n) is 10.1. The number of nitrogens with zero attached hydrogens (tertiary/aromatic N) is 2. The average molecular weight is 415 g/mol. The molecule has 0 aliphatic carbocycles. The normalized spacial score (nSPS) is 15.6. The minimum absolute atomic E-state index is 0.101. The maximum Gasteiger partial charge on any atom is 0.237 e. The number of piperidine rings is 1. The Morgan fingerprint density at radius 3 is 2.21 bits per heavy atom. The van der Waals surface area contributed by atoms with Crippen LogP contribution in [0.4, 0.5) is 0 Å². The number of hydrogen-bond acceptors (Lipinski definition) is 3. The highest BCUT2D eigenvalue weighted by atomic mass is 32.2. The Kier molecular flexibility index (Phi) is 7.09. The molecule has 2 aromatic carbocycles. The Labute approximate surface area is 174 Å². The zero-order valence-corrected chi connectivity index (χ0v) is 18.1. The molecule has 5 nitrogen and oxygen atoms in total. The molecule has 1 fully saturated rings. The lowest BCUT2D eigenvalue weighted by molar-refractivity contribution is -0.132. The van der Waals surface area contributed by atoms with Gasteiger partial charge in [-0.3, -0.25) is 4.79 Å². The smallest absolute Gasteiger partial charge is 0.237 e. The van der Waals surface area contributed by atoms with Gasteiger partial charge in [0.1, 0.15) is 0 Å². The fraction of sp³-hybridized carbons (Fsp3) is 0.435. The van der Waals surface area contributed by atoms with Gasteiger partial charge >= 0.3 is 0 Å². The van der Waals surface area contributed by atoms with Gasteiger partial charge in [-0.15, -0.1) is 0 Å². The van der Waals surface area contributed by atoms with Crippen LogP contribution in [0.2, 0.25) is 0 Å². The number of aryl methyl sites for hydroxylation is 1. The quantitative estimate of drug-likeness (QED) is 0.699. The molecule has 0 atom stereocenters. The highest BCUT2D eigenvalue weighted by Crippen LogP contribution is 2.22. The zero-order valence-electron chi connectivity index (χ0n) is 17.3. The zero-order chi connectivity index (χ0) is 20.9. The van der Waals surface area contributed by atoms with Crippen molar-refractivity contribution in [3.05, 3.63) is 71.3 Å². The SMILES string of the molecule is Cc1ccc(CN(CC(=O)N2CCC(Cc3ccccc3)CC2)S(C)(=O)=O)cc1. The van der Waals surface area contributed by atoms with Crippen LogP contribution in [0.3, 0.4) is 0 Å². The molecular formula is C23H30N2O3S. The summed E-state index contributed by atoms with van der Waals surface area (Å²) < 4.78 is 25.7. The van der Waals surface area contributed by atoms with E-state index in [-0.39, 0.29) is 19.0 Å². The van der Waals surface area contributed by atoms with E-state index in [9.17, 15) is 13.2 Å². The molecule has 0 unspecified atom stereocenters. The standard InChI is InChI=1S/C23H30N2O3S/c1-19-8-10-22(11-9-19)17-25(29(2,27)28)18-23(26)24-14-12-21(13-15-24)16-20-6-4-3-5-7-20/h3-11,21H,12-18H2,1-2H3. The van der Waals surface area contributed by atoms with Gasteiger partial charge in [-0.25, -0.2) is 8.42 Å². The number of carbonyl (C=O) groups is 1. The fourth-order valence-corrected chi connectivity index (χ4v) is 4.50. The maximum absolute atomic E-state index is 12.8. The van der Waals surface area contributed by atoms with E-state index in [1.165, 1.54) is 16.1 Å². The summed E-state index contributed by atoms with van der Waals surface area (Å²) in [5, 5.41) is 0. The number of rotatable bonds is 7. The number of sulfonamides is 1. The van der Waals surface area contributed by atoms with Crippen LogP contribution in [-0.4, -0.2) is 49.4 Å². The lowest BCUT2D eigenvalue weighted by atomic mass is 9.90. The molecule has 1 heterocycles. The second-order valence-electron chi connectivity index (χ2n) is 8.03. The van der Waals surface area contributed by atoms with Crippen LogP contribution < -0.4 is 0 Å². The van der Waals surface area contributed by atoms with Crippen LogP contribution >= 0.6 is 0 Å². The summed E-state index contributed by atoms with van der Waals surface area (Å²) in [4.78, 5) is 14.6. The van der Waals surface area contributed by atoms with Gasteiger partial charge in [-0.05, 0) is 43.2 Å². The summed E-state index contributed by atoms with van der Waals surface area (Å²) in [5.41, 5.74) is 3.34. The lowest BCUT2D eigenvalue weighted by Crippen LogP contribution is -2.45. The van der Waals surface area contributed by atoms with Crippen LogP contribution in [0.1, 0.15) is 29.5 Å². The summed E-state index contributed by atoms with van der Waals surface area (Å²) in [6, 6.07) is 18.2. The van der Waals surface area contributed by atoms with Gasteiger partial charge in [-0.2, -0.15) is 4.31 Å². The van der Waals surface area contributed by atoms with E-state index in [1.54, 1.807) is 0 Å². The molecule has 156 valence electrons.